The van der Waals surface area contributed by atoms with Crippen molar-refractivity contribution in [2.75, 3.05) is 23.9 Å². The van der Waals surface area contributed by atoms with Gasteiger partial charge in [-0.15, -0.1) is 0 Å². The SMILES string of the molecule is COc1ccc(C(=O)N2CCc3ccccc32)cc1NC(C)=O. The third-order valence-corrected chi connectivity index (χ3v) is 3.89. The van der Waals surface area contributed by atoms with E-state index in [4.69, 9.17) is 4.74 Å². The predicted octanol–water partition coefficient (Wildman–Crippen LogP) is 2.86. The molecule has 0 spiro atoms. The van der Waals surface area contributed by atoms with Gasteiger partial charge in [-0.05, 0) is 36.2 Å². The third kappa shape index (κ3) is 2.90. The molecule has 0 unspecified atom stereocenters. The largest absolute Gasteiger partial charge is 0.495 e. The van der Waals surface area contributed by atoms with Crippen LogP contribution in [-0.2, 0) is 11.2 Å². The van der Waals surface area contributed by atoms with Gasteiger partial charge in [-0.1, -0.05) is 18.2 Å². The molecule has 1 N–H and O–H groups in total. The number of amides is 2. The zero-order valence-electron chi connectivity index (χ0n) is 13.1. The molecule has 0 atom stereocenters. The van der Waals surface area contributed by atoms with Gasteiger partial charge < -0.3 is 15.0 Å². The summed E-state index contributed by atoms with van der Waals surface area (Å²) in [5, 5.41) is 2.69. The number of ether oxygens (including phenoxy) is 1. The third-order valence-electron chi connectivity index (χ3n) is 3.89. The molecule has 1 heterocycles. The van der Waals surface area contributed by atoms with Crippen molar-refractivity contribution in [3.63, 3.8) is 0 Å². The van der Waals surface area contributed by atoms with Crippen molar-refractivity contribution in [2.45, 2.75) is 13.3 Å². The Bertz CT molecular complexity index is 771. The van der Waals surface area contributed by atoms with Gasteiger partial charge in [0, 0.05) is 24.7 Å². The van der Waals surface area contributed by atoms with Gasteiger partial charge in [0.05, 0.1) is 12.8 Å². The van der Waals surface area contributed by atoms with Crippen molar-refractivity contribution in [3.05, 3.63) is 53.6 Å². The molecule has 0 aliphatic carbocycles. The summed E-state index contributed by atoms with van der Waals surface area (Å²) in [6.07, 6.45) is 0.858. The zero-order chi connectivity index (χ0) is 16.4. The molecule has 2 aromatic rings. The van der Waals surface area contributed by atoms with Gasteiger partial charge in [0.15, 0.2) is 0 Å². The van der Waals surface area contributed by atoms with E-state index in [1.807, 2.05) is 24.3 Å². The highest BCUT2D eigenvalue weighted by molar-refractivity contribution is 6.08. The van der Waals surface area contributed by atoms with Crippen LogP contribution in [0.15, 0.2) is 42.5 Å². The molecule has 0 saturated heterocycles. The summed E-state index contributed by atoms with van der Waals surface area (Å²) < 4.78 is 5.22. The molecule has 1 aliphatic rings. The van der Waals surface area contributed by atoms with Crippen molar-refractivity contribution in [1.82, 2.24) is 0 Å². The molecular weight excluding hydrogens is 292 g/mol. The van der Waals surface area contributed by atoms with Crippen LogP contribution in [0.4, 0.5) is 11.4 Å². The fraction of sp³-hybridized carbons (Fsp3) is 0.222. The first-order valence-electron chi connectivity index (χ1n) is 7.45. The Morgan fingerprint density at radius 3 is 2.70 bits per heavy atom. The molecule has 0 radical (unpaired) electrons. The Balaban J connectivity index is 1.93. The summed E-state index contributed by atoms with van der Waals surface area (Å²) in [5.74, 6) is 0.238. The van der Waals surface area contributed by atoms with Gasteiger partial charge in [0.2, 0.25) is 5.91 Å². The van der Waals surface area contributed by atoms with E-state index in [1.165, 1.54) is 19.6 Å². The smallest absolute Gasteiger partial charge is 0.258 e. The molecule has 5 heteroatoms. The number of benzene rings is 2. The Kier molecular flexibility index (Phi) is 4.02. The van der Waals surface area contributed by atoms with E-state index in [0.29, 0.717) is 23.5 Å². The number of para-hydroxylation sites is 1. The lowest BCUT2D eigenvalue weighted by Gasteiger charge is -2.18. The van der Waals surface area contributed by atoms with E-state index < -0.39 is 0 Å². The minimum absolute atomic E-state index is 0.0794. The highest BCUT2D eigenvalue weighted by Gasteiger charge is 2.25. The maximum Gasteiger partial charge on any atom is 0.258 e. The summed E-state index contributed by atoms with van der Waals surface area (Å²) in [6, 6.07) is 13.0. The van der Waals surface area contributed by atoms with E-state index >= 15 is 0 Å². The molecule has 2 amide bonds. The van der Waals surface area contributed by atoms with Crippen molar-refractivity contribution in [1.29, 1.82) is 0 Å². The number of rotatable bonds is 3. The molecule has 5 nitrogen and oxygen atoms in total. The van der Waals surface area contributed by atoms with Crippen LogP contribution < -0.4 is 15.0 Å². The maximum atomic E-state index is 12.8. The van der Waals surface area contributed by atoms with Crippen LogP contribution >= 0.6 is 0 Å². The number of methoxy groups -OCH3 is 1. The minimum Gasteiger partial charge on any atom is -0.495 e. The Hall–Kier alpha value is -2.82. The van der Waals surface area contributed by atoms with E-state index in [9.17, 15) is 9.59 Å². The summed E-state index contributed by atoms with van der Waals surface area (Å²) in [6.45, 7) is 2.09. The van der Waals surface area contributed by atoms with Crippen molar-refractivity contribution in [3.8, 4) is 5.75 Å². The Labute approximate surface area is 134 Å². The first kappa shape index (κ1) is 15.1. The average molecular weight is 310 g/mol. The van der Waals surface area contributed by atoms with Gasteiger partial charge in [-0.3, -0.25) is 9.59 Å². The first-order valence-corrected chi connectivity index (χ1v) is 7.45. The number of fused-ring (bicyclic) bond motifs is 1. The van der Waals surface area contributed by atoms with Gasteiger partial charge in [0.25, 0.3) is 5.91 Å². The maximum absolute atomic E-state index is 12.8. The molecule has 3 rings (SSSR count). The fourth-order valence-electron chi connectivity index (χ4n) is 2.83. The number of anilines is 2. The predicted molar refractivity (Wildman–Crippen MR) is 89.1 cm³/mol. The fourth-order valence-corrected chi connectivity index (χ4v) is 2.83. The topological polar surface area (TPSA) is 58.6 Å². The normalized spacial score (nSPS) is 12.7. The highest BCUT2D eigenvalue weighted by Crippen LogP contribution is 2.31. The number of nitrogens with one attached hydrogen (secondary N) is 1. The van der Waals surface area contributed by atoms with Gasteiger partial charge in [-0.2, -0.15) is 0 Å². The second kappa shape index (κ2) is 6.12. The standard InChI is InChI=1S/C18H18N2O3/c1-12(21)19-15-11-14(7-8-17(15)23-2)18(22)20-10-9-13-5-3-4-6-16(13)20/h3-8,11H,9-10H2,1-2H3,(H,19,21). The molecule has 0 saturated carbocycles. The summed E-state index contributed by atoms with van der Waals surface area (Å²) in [7, 11) is 1.53. The van der Waals surface area contributed by atoms with Gasteiger partial charge >= 0.3 is 0 Å². The molecular formula is C18H18N2O3. The second-order valence-corrected chi connectivity index (χ2v) is 5.43. The number of nitrogens with zero attached hydrogens (tertiary/aromatic N) is 1. The summed E-state index contributed by atoms with van der Waals surface area (Å²) in [4.78, 5) is 25.9. The quantitative estimate of drug-likeness (QED) is 0.948. The average Bonchev–Trinajstić information content (AvgIpc) is 2.97. The lowest BCUT2D eigenvalue weighted by atomic mass is 10.1. The molecule has 1 aliphatic heterocycles. The van der Waals surface area contributed by atoms with Crippen LogP contribution in [-0.4, -0.2) is 25.5 Å². The number of hydrogen-bond donors (Lipinski definition) is 1. The number of carbonyl (C=O) groups excluding carboxylic acids is 2. The lowest BCUT2D eigenvalue weighted by Crippen LogP contribution is -2.29. The second-order valence-electron chi connectivity index (χ2n) is 5.43. The molecule has 2 aromatic carbocycles. The van der Waals surface area contributed by atoms with Crippen molar-refractivity contribution in [2.24, 2.45) is 0 Å². The van der Waals surface area contributed by atoms with Crippen LogP contribution in [0.25, 0.3) is 0 Å². The van der Waals surface area contributed by atoms with Crippen LogP contribution in [0.2, 0.25) is 0 Å². The molecule has 0 aromatic heterocycles. The van der Waals surface area contributed by atoms with E-state index in [0.717, 1.165) is 12.1 Å². The van der Waals surface area contributed by atoms with Crippen LogP contribution in [0.5, 0.6) is 5.75 Å². The number of hydrogen-bond acceptors (Lipinski definition) is 3. The molecule has 118 valence electrons. The molecule has 0 bridgehead atoms. The van der Waals surface area contributed by atoms with E-state index in [-0.39, 0.29) is 11.8 Å². The van der Waals surface area contributed by atoms with Crippen LogP contribution in [0.1, 0.15) is 22.8 Å². The Morgan fingerprint density at radius 1 is 1.17 bits per heavy atom. The van der Waals surface area contributed by atoms with Crippen LogP contribution in [0.3, 0.4) is 0 Å². The number of carbonyl (C=O) groups is 2. The van der Waals surface area contributed by atoms with Gasteiger partial charge in [0.1, 0.15) is 5.75 Å². The highest BCUT2D eigenvalue weighted by atomic mass is 16.5. The lowest BCUT2D eigenvalue weighted by molar-refractivity contribution is -0.114. The molecule has 23 heavy (non-hydrogen) atoms. The van der Waals surface area contributed by atoms with Crippen LogP contribution in [0, 0.1) is 0 Å². The summed E-state index contributed by atoms with van der Waals surface area (Å²) >= 11 is 0. The molecule has 0 fully saturated rings. The first-order chi connectivity index (χ1) is 11.1. The zero-order valence-corrected chi connectivity index (χ0v) is 13.1. The summed E-state index contributed by atoms with van der Waals surface area (Å²) in [5.41, 5.74) is 3.15. The monoisotopic (exact) mass is 310 g/mol. The Morgan fingerprint density at radius 2 is 1.96 bits per heavy atom. The van der Waals surface area contributed by atoms with E-state index in [1.54, 1.807) is 23.1 Å². The van der Waals surface area contributed by atoms with Crippen molar-refractivity contribution >= 4 is 23.2 Å². The van der Waals surface area contributed by atoms with Gasteiger partial charge in [-0.25, -0.2) is 0 Å². The minimum atomic E-state index is -0.209. The van der Waals surface area contributed by atoms with Crippen molar-refractivity contribution < 1.29 is 14.3 Å². The van der Waals surface area contributed by atoms with E-state index in [2.05, 4.69) is 5.32 Å².